The van der Waals surface area contributed by atoms with Gasteiger partial charge >= 0.3 is 12.1 Å². The van der Waals surface area contributed by atoms with Crippen LogP contribution < -0.4 is 0 Å². The van der Waals surface area contributed by atoms with Crippen LogP contribution in [-0.2, 0) is 30.4 Å². The normalized spacial score (nSPS) is 17.4. The smallest absolute Gasteiger partial charge is 0.416 e. The van der Waals surface area contributed by atoms with E-state index in [2.05, 4.69) is 0 Å². The maximum atomic E-state index is 13.8. The van der Waals surface area contributed by atoms with Crippen LogP contribution in [-0.4, -0.2) is 39.5 Å². The Labute approximate surface area is 211 Å². The van der Waals surface area contributed by atoms with Gasteiger partial charge in [-0.25, -0.2) is 4.79 Å². The summed E-state index contributed by atoms with van der Waals surface area (Å²) in [7, 11) is 0. The first-order chi connectivity index (χ1) is 17.1. The van der Waals surface area contributed by atoms with Gasteiger partial charge in [0.05, 0.1) is 11.1 Å². The van der Waals surface area contributed by atoms with Crippen LogP contribution in [0.3, 0.4) is 0 Å². The molecule has 1 amide bonds. The molecule has 9 heteroatoms. The second kappa shape index (κ2) is 9.32. The number of carbonyl (C=O) groups is 2. The molecular formula is C27H24ClF3N2O3. The number of hydrogen-bond donors (Lipinski definition) is 1. The lowest BCUT2D eigenvalue weighted by atomic mass is 9.84. The molecule has 1 unspecified atom stereocenters. The Kier molecular flexibility index (Phi) is 6.32. The molecule has 3 aromatic rings. The Hall–Kier alpha value is -3.26. The van der Waals surface area contributed by atoms with Gasteiger partial charge in [0, 0.05) is 53.6 Å². The maximum Gasteiger partial charge on any atom is 0.416 e. The summed E-state index contributed by atoms with van der Waals surface area (Å²) in [6, 6.07) is 10.2. The molecule has 1 aliphatic carbocycles. The van der Waals surface area contributed by atoms with Crippen molar-refractivity contribution in [2.24, 2.45) is 5.92 Å². The Balaban J connectivity index is 1.57. The van der Waals surface area contributed by atoms with Crippen LogP contribution in [0.1, 0.15) is 45.6 Å². The molecule has 1 aliphatic heterocycles. The van der Waals surface area contributed by atoms with Gasteiger partial charge in [-0.05, 0) is 61.1 Å². The molecule has 5 rings (SSSR count). The minimum Gasteiger partial charge on any atom is -0.478 e. The van der Waals surface area contributed by atoms with Crippen molar-refractivity contribution in [3.8, 4) is 11.1 Å². The fourth-order valence-corrected chi connectivity index (χ4v) is 5.39. The number of amides is 1. The topological polar surface area (TPSA) is 62.5 Å². The first kappa shape index (κ1) is 24.4. The number of aromatic nitrogens is 1. The number of hydrogen-bond acceptors (Lipinski definition) is 2. The minimum absolute atomic E-state index is 0.0200. The summed E-state index contributed by atoms with van der Waals surface area (Å²) in [5.74, 6) is -1.16. The van der Waals surface area contributed by atoms with Gasteiger partial charge in [0.25, 0.3) is 0 Å². The summed E-state index contributed by atoms with van der Waals surface area (Å²) in [6.45, 7) is 1.41. The van der Waals surface area contributed by atoms with E-state index in [1.165, 1.54) is 24.3 Å². The highest BCUT2D eigenvalue weighted by atomic mass is 35.5. The summed E-state index contributed by atoms with van der Waals surface area (Å²) in [4.78, 5) is 26.1. The molecule has 0 radical (unpaired) electrons. The molecule has 188 valence electrons. The van der Waals surface area contributed by atoms with Crippen LogP contribution >= 0.6 is 11.6 Å². The summed E-state index contributed by atoms with van der Waals surface area (Å²) in [6.07, 6.45) is -0.0595. The molecule has 2 heterocycles. The van der Waals surface area contributed by atoms with E-state index in [0.29, 0.717) is 19.3 Å². The molecule has 0 spiro atoms. The molecule has 1 saturated heterocycles. The van der Waals surface area contributed by atoms with Crippen molar-refractivity contribution in [1.29, 1.82) is 0 Å². The number of halogens is 4. The molecule has 5 nitrogen and oxygen atoms in total. The third-order valence-corrected chi connectivity index (χ3v) is 7.55. The Morgan fingerprint density at radius 2 is 1.81 bits per heavy atom. The van der Waals surface area contributed by atoms with Crippen LogP contribution in [0.15, 0.2) is 48.7 Å². The van der Waals surface area contributed by atoms with E-state index in [1.807, 2.05) is 4.90 Å². The van der Waals surface area contributed by atoms with E-state index in [0.717, 1.165) is 48.0 Å². The number of nitrogens with zero attached hydrogens (tertiary/aromatic N) is 2. The first-order valence-corrected chi connectivity index (χ1v) is 12.2. The van der Waals surface area contributed by atoms with Crippen molar-refractivity contribution in [2.75, 3.05) is 13.1 Å². The molecule has 0 bridgehead atoms. The van der Waals surface area contributed by atoms with E-state index in [-0.39, 0.29) is 34.5 Å². The lowest BCUT2D eigenvalue weighted by Crippen LogP contribution is -2.46. The quantitative estimate of drug-likeness (QED) is 0.458. The highest BCUT2D eigenvalue weighted by Gasteiger charge is 2.36. The van der Waals surface area contributed by atoms with Gasteiger partial charge < -0.3 is 14.6 Å². The van der Waals surface area contributed by atoms with Crippen LogP contribution in [0.5, 0.6) is 0 Å². The van der Waals surface area contributed by atoms with Gasteiger partial charge in [-0.15, -0.1) is 0 Å². The van der Waals surface area contributed by atoms with E-state index in [1.54, 1.807) is 22.9 Å². The minimum atomic E-state index is -4.56. The number of benzene rings is 2. The van der Waals surface area contributed by atoms with E-state index >= 15 is 0 Å². The number of alkyl halides is 3. The zero-order valence-corrected chi connectivity index (χ0v) is 20.1. The molecule has 2 aromatic carbocycles. The van der Waals surface area contributed by atoms with Gasteiger partial charge in [-0.1, -0.05) is 29.8 Å². The lowest BCUT2D eigenvalue weighted by Gasteiger charge is -2.35. The third-order valence-electron chi connectivity index (χ3n) is 7.20. The zero-order valence-electron chi connectivity index (χ0n) is 19.3. The van der Waals surface area contributed by atoms with Crippen LogP contribution in [0.25, 0.3) is 11.1 Å². The number of likely N-dealkylation sites (tertiary alicyclic amines) is 1. The van der Waals surface area contributed by atoms with Gasteiger partial charge in [0.2, 0.25) is 5.91 Å². The molecule has 1 fully saturated rings. The summed E-state index contributed by atoms with van der Waals surface area (Å²) in [5.41, 5.74) is 2.76. The molecule has 1 aromatic heterocycles. The van der Waals surface area contributed by atoms with Crippen molar-refractivity contribution < 1.29 is 27.9 Å². The standard InChI is InChI=1S/C27H24ClF3N2O3/c28-23-4-1-3-22(27(29,30)31)21(23)15-33-14-20(16-5-7-17(8-6-16)26(35)36)19-10-9-18(13-24(19)33)25(34)32-11-2-12-32/h1,3-8,14,18H,2,9-13,15H2,(H,35,36). The average molecular weight is 517 g/mol. The Morgan fingerprint density at radius 1 is 1.08 bits per heavy atom. The monoisotopic (exact) mass is 516 g/mol. The number of carboxylic acid groups (broad SMARTS) is 1. The van der Waals surface area contributed by atoms with Crippen molar-refractivity contribution in [1.82, 2.24) is 9.47 Å². The fraction of sp³-hybridized carbons (Fsp3) is 0.333. The molecule has 36 heavy (non-hydrogen) atoms. The van der Waals surface area contributed by atoms with Gasteiger partial charge in [-0.2, -0.15) is 13.2 Å². The molecule has 1 N–H and O–H groups in total. The van der Waals surface area contributed by atoms with Crippen LogP contribution in [0, 0.1) is 5.92 Å². The lowest BCUT2D eigenvalue weighted by molar-refractivity contribution is -0.139. The SMILES string of the molecule is O=C(O)c1ccc(-c2cn(Cc3c(Cl)cccc3C(F)(F)F)c3c2CCC(C(=O)N2CCC2)C3)cc1. The maximum absolute atomic E-state index is 13.8. The first-order valence-electron chi connectivity index (χ1n) is 11.8. The second-order valence-corrected chi connectivity index (χ2v) is 9.77. The number of fused-ring (bicyclic) bond motifs is 1. The number of carboxylic acids is 1. The molecule has 1 atom stereocenters. The average Bonchev–Trinajstić information content (AvgIpc) is 3.16. The second-order valence-electron chi connectivity index (χ2n) is 9.36. The van der Waals surface area contributed by atoms with E-state index in [4.69, 9.17) is 11.6 Å². The largest absolute Gasteiger partial charge is 0.478 e. The van der Waals surface area contributed by atoms with Gasteiger partial charge in [0.15, 0.2) is 0 Å². The number of aromatic carboxylic acids is 1. The number of rotatable bonds is 5. The summed E-state index contributed by atoms with van der Waals surface area (Å²) in [5, 5.41) is 9.26. The predicted octanol–water partition coefficient (Wildman–Crippen LogP) is 5.91. The Bertz CT molecular complexity index is 1330. The summed E-state index contributed by atoms with van der Waals surface area (Å²) >= 11 is 6.26. The fourth-order valence-electron chi connectivity index (χ4n) is 5.16. The highest BCUT2D eigenvalue weighted by molar-refractivity contribution is 6.31. The molecular weight excluding hydrogens is 493 g/mol. The van der Waals surface area contributed by atoms with E-state index < -0.39 is 17.7 Å². The summed E-state index contributed by atoms with van der Waals surface area (Å²) < 4.78 is 43.1. The van der Waals surface area contributed by atoms with Gasteiger partial charge in [-0.3, -0.25) is 4.79 Å². The van der Waals surface area contributed by atoms with Crippen LogP contribution in [0.4, 0.5) is 13.2 Å². The zero-order chi connectivity index (χ0) is 25.6. The van der Waals surface area contributed by atoms with Crippen molar-refractivity contribution in [2.45, 2.75) is 38.4 Å². The van der Waals surface area contributed by atoms with Gasteiger partial charge in [0.1, 0.15) is 0 Å². The van der Waals surface area contributed by atoms with Crippen molar-refractivity contribution in [3.63, 3.8) is 0 Å². The van der Waals surface area contributed by atoms with E-state index in [9.17, 15) is 27.9 Å². The third kappa shape index (κ3) is 4.50. The Morgan fingerprint density at radius 3 is 2.42 bits per heavy atom. The highest BCUT2D eigenvalue weighted by Crippen LogP contribution is 2.39. The van der Waals surface area contributed by atoms with Crippen LogP contribution in [0.2, 0.25) is 5.02 Å². The predicted molar refractivity (Wildman–Crippen MR) is 129 cm³/mol. The van der Waals surface area contributed by atoms with Crippen molar-refractivity contribution in [3.05, 3.63) is 81.6 Å². The number of carbonyl (C=O) groups excluding carboxylic acids is 1. The molecule has 2 aliphatic rings. The van der Waals surface area contributed by atoms with Crippen molar-refractivity contribution >= 4 is 23.5 Å². The molecule has 0 saturated carbocycles.